The van der Waals surface area contributed by atoms with E-state index in [4.69, 9.17) is 10.5 Å². The Morgan fingerprint density at radius 3 is 2.73 bits per heavy atom. The summed E-state index contributed by atoms with van der Waals surface area (Å²) in [5.41, 5.74) is 6.40. The molecule has 2 N–H and O–H groups in total. The highest BCUT2D eigenvalue weighted by molar-refractivity contribution is 9.10. The number of nitrogens with zero attached hydrogens (tertiary/aromatic N) is 1. The lowest BCUT2D eigenvalue weighted by atomic mass is 10.0. The van der Waals surface area contributed by atoms with Gasteiger partial charge in [0.1, 0.15) is 11.4 Å². The number of carbonyl (C=O) groups is 1. The highest BCUT2D eigenvalue weighted by Gasteiger charge is 2.37. The van der Waals surface area contributed by atoms with E-state index in [0.29, 0.717) is 17.4 Å². The molecule has 1 aromatic rings. The van der Waals surface area contributed by atoms with E-state index in [-0.39, 0.29) is 24.0 Å². The minimum absolute atomic E-state index is 0.130. The summed E-state index contributed by atoms with van der Waals surface area (Å²) < 4.78 is 19.6. The van der Waals surface area contributed by atoms with Crippen molar-refractivity contribution in [3.63, 3.8) is 0 Å². The summed E-state index contributed by atoms with van der Waals surface area (Å²) in [6.45, 7) is 6.07. The zero-order valence-electron chi connectivity index (χ0n) is 13.1. The van der Waals surface area contributed by atoms with E-state index in [1.165, 1.54) is 12.1 Å². The lowest BCUT2D eigenvalue weighted by Gasteiger charge is -2.30. The molecule has 2 atom stereocenters. The first-order valence-corrected chi connectivity index (χ1v) is 8.15. The van der Waals surface area contributed by atoms with Crippen LogP contribution in [0.1, 0.15) is 32.8 Å². The van der Waals surface area contributed by atoms with Crippen LogP contribution in [0.4, 0.5) is 9.18 Å². The lowest BCUT2D eigenvalue weighted by molar-refractivity contribution is 0.0220. The Morgan fingerprint density at radius 2 is 2.14 bits per heavy atom. The molecule has 1 saturated heterocycles. The molecule has 4 nitrogen and oxygen atoms in total. The molecule has 0 bridgehead atoms. The second-order valence-electron chi connectivity index (χ2n) is 6.68. The number of hydrogen-bond acceptors (Lipinski definition) is 3. The summed E-state index contributed by atoms with van der Waals surface area (Å²) in [6.07, 6.45) is 0.873. The van der Waals surface area contributed by atoms with Crippen molar-refractivity contribution < 1.29 is 13.9 Å². The van der Waals surface area contributed by atoms with Crippen molar-refractivity contribution in [2.24, 2.45) is 5.73 Å². The Labute approximate surface area is 138 Å². The van der Waals surface area contributed by atoms with Crippen LogP contribution in [0.5, 0.6) is 0 Å². The maximum atomic E-state index is 13.5. The smallest absolute Gasteiger partial charge is 0.410 e. The molecule has 1 aliphatic heterocycles. The first kappa shape index (κ1) is 17.2. The molecule has 0 aliphatic carbocycles. The number of amides is 1. The second-order valence-corrected chi connectivity index (χ2v) is 7.59. The van der Waals surface area contributed by atoms with Gasteiger partial charge in [-0.3, -0.25) is 0 Å². The van der Waals surface area contributed by atoms with Gasteiger partial charge in [-0.1, -0.05) is 15.9 Å². The normalized spacial score (nSPS) is 22.0. The van der Waals surface area contributed by atoms with Crippen LogP contribution < -0.4 is 5.73 Å². The van der Waals surface area contributed by atoms with Gasteiger partial charge in [0.2, 0.25) is 0 Å². The molecule has 1 amide bonds. The number of carbonyl (C=O) groups excluding carboxylic acids is 1. The second kappa shape index (κ2) is 6.54. The number of benzene rings is 1. The molecular formula is C16H22BrFN2O2. The molecule has 0 spiro atoms. The van der Waals surface area contributed by atoms with Gasteiger partial charge < -0.3 is 15.4 Å². The van der Waals surface area contributed by atoms with Crippen LogP contribution in [0, 0.1) is 5.82 Å². The van der Waals surface area contributed by atoms with E-state index >= 15 is 0 Å². The highest BCUT2D eigenvalue weighted by atomic mass is 79.9. The predicted molar refractivity (Wildman–Crippen MR) is 87.1 cm³/mol. The number of ether oxygens (including phenoxy) is 1. The first-order chi connectivity index (χ1) is 10.2. The topological polar surface area (TPSA) is 55.6 Å². The van der Waals surface area contributed by atoms with Crippen LogP contribution in [0.15, 0.2) is 22.7 Å². The molecular weight excluding hydrogens is 351 g/mol. The average Bonchev–Trinajstić information content (AvgIpc) is 2.67. The van der Waals surface area contributed by atoms with Crippen LogP contribution in [0.25, 0.3) is 0 Å². The van der Waals surface area contributed by atoms with Crippen molar-refractivity contribution in [3.05, 3.63) is 34.1 Å². The largest absolute Gasteiger partial charge is 0.444 e. The fraction of sp³-hybridized carbons (Fsp3) is 0.562. The minimum atomic E-state index is -0.545. The summed E-state index contributed by atoms with van der Waals surface area (Å²) in [7, 11) is 0. The molecule has 2 unspecified atom stereocenters. The number of halogens is 2. The van der Waals surface area contributed by atoms with Crippen molar-refractivity contribution in [2.75, 3.05) is 6.54 Å². The maximum absolute atomic E-state index is 13.5. The summed E-state index contributed by atoms with van der Waals surface area (Å²) in [5, 5.41) is 0. The number of rotatable bonds is 2. The van der Waals surface area contributed by atoms with Gasteiger partial charge in [-0.2, -0.15) is 0 Å². The number of likely N-dealkylation sites (tertiary alicyclic amines) is 1. The van der Waals surface area contributed by atoms with E-state index in [2.05, 4.69) is 15.9 Å². The quantitative estimate of drug-likeness (QED) is 0.864. The Morgan fingerprint density at radius 1 is 1.45 bits per heavy atom. The van der Waals surface area contributed by atoms with Crippen molar-refractivity contribution in [2.45, 2.75) is 51.3 Å². The highest BCUT2D eigenvalue weighted by Crippen LogP contribution is 2.25. The van der Waals surface area contributed by atoms with Crippen LogP contribution in [-0.2, 0) is 11.2 Å². The zero-order chi connectivity index (χ0) is 16.5. The van der Waals surface area contributed by atoms with E-state index in [0.717, 1.165) is 12.0 Å². The SMILES string of the molecule is CC(C)(C)OC(=O)N1CCC(N)C1Cc1cc(F)cc(Br)c1. The standard InChI is InChI=1S/C16H22BrFN2O2/c1-16(2,3)22-15(21)20-5-4-13(19)14(20)8-10-6-11(17)9-12(18)7-10/h6-7,9,13-14H,4-5,8,19H2,1-3H3. The first-order valence-electron chi connectivity index (χ1n) is 7.36. The molecule has 1 fully saturated rings. The molecule has 22 heavy (non-hydrogen) atoms. The average molecular weight is 373 g/mol. The third-order valence-corrected chi connectivity index (χ3v) is 4.05. The summed E-state index contributed by atoms with van der Waals surface area (Å²) >= 11 is 3.28. The van der Waals surface area contributed by atoms with Crippen LogP contribution in [0.2, 0.25) is 0 Å². The lowest BCUT2D eigenvalue weighted by Crippen LogP contribution is -2.46. The molecule has 1 aliphatic rings. The van der Waals surface area contributed by atoms with Gasteiger partial charge in [-0.05, 0) is 57.4 Å². The monoisotopic (exact) mass is 372 g/mol. The molecule has 1 aromatic carbocycles. The molecule has 1 heterocycles. The number of hydrogen-bond donors (Lipinski definition) is 1. The van der Waals surface area contributed by atoms with Crippen LogP contribution in [0.3, 0.4) is 0 Å². The maximum Gasteiger partial charge on any atom is 0.410 e. The molecule has 0 aromatic heterocycles. The van der Waals surface area contributed by atoms with Crippen molar-refractivity contribution >= 4 is 22.0 Å². The summed E-state index contributed by atoms with van der Waals surface area (Å²) in [6, 6.07) is 4.42. The van der Waals surface area contributed by atoms with Gasteiger partial charge in [0.15, 0.2) is 0 Å². The van der Waals surface area contributed by atoms with Gasteiger partial charge in [0.05, 0.1) is 6.04 Å². The van der Waals surface area contributed by atoms with E-state index in [1.807, 2.05) is 26.8 Å². The van der Waals surface area contributed by atoms with E-state index < -0.39 is 5.60 Å². The van der Waals surface area contributed by atoms with Gasteiger partial charge in [-0.15, -0.1) is 0 Å². The third-order valence-electron chi connectivity index (χ3n) is 3.59. The van der Waals surface area contributed by atoms with Gasteiger partial charge >= 0.3 is 6.09 Å². The Bertz CT molecular complexity index is 539. The van der Waals surface area contributed by atoms with Crippen LogP contribution >= 0.6 is 15.9 Å². The fourth-order valence-electron chi connectivity index (χ4n) is 2.66. The van der Waals surface area contributed by atoms with Gasteiger partial charge in [0, 0.05) is 17.1 Å². The van der Waals surface area contributed by atoms with Crippen molar-refractivity contribution in [1.29, 1.82) is 0 Å². The molecule has 2 rings (SSSR count). The fourth-order valence-corrected chi connectivity index (χ4v) is 3.17. The molecule has 0 saturated carbocycles. The van der Waals surface area contributed by atoms with Crippen LogP contribution in [-0.4, -0.2) is 35.2 Å². The van der Waals surface area contributed by atoms with Crippen molar-refractivity contribution in [3.8, 4) is 0 Å². The Hall–Kier alpha value is -1.14. The summed E-state index contributed by atoms with van der Waals surface area (Å²) in [5.74, 6) is -0.306. The minimum Gasteiger partial charge on any atom is -0.444 e. The molecule has 122 valence electrons. The van der Waals surface area contributed by atoms with Gasteiger partial charge in [-0.25, -0.2) is 9.18 Å². The van der Waals surface area contributed by atoms with Crippen molar-refractivity contribution in [1.82, 2.24) is 4.90 Å². The van der Waals surface area contributed by atoms with E-state index in [9.17, 15) is 9.18 Å². The number of nitrogens with two attached hydrogens (primary N) is 1. The Kier molecular flexibility index (Phi) is 5.12. The van der Waals surface area contributed by atoms with E-state index in [1.54, 1.807) is 4.90 Å². The third kappa shape index (κ3) is 4.43. The Balaban J connectivity index is 2.14. The summed E-state index contributed by atoms with van der Waals surface area (Å²) in [4.78, 5) is 14.0. The molecule has 0 radical (unpaired) electrons. The molecule has 6 heteroatoms. The predicted octanol–water partition coefficient (Wildman–Crippen LogP) is 3.47. The van der Waals surface area contributed by atoms with Gasteiger partial charge in [0.25, 0.3) is 0 Å². The zero-order valence-corrected chi connectivity index (χ0v) is 14.7.